The summed E-state index contributed by atoms with van der Waals surface area (Å²) in [5.74, 6) is -0.818. The van der Waals surface area contributed by atoms with Gasteiger partial charge in [-0.2, -0.15) is 4.31 Å². The smallest absolute Gasteiger partial charge is 0.214 e. The van der Waals surface area contributed by atoms with Gasteiger partial charge in [-0.05, 0) is 5.56 Å². The van der Waals surface area contributed by atoms with Crippen LogP contribution in [0.5, 0.6) is 0 Å². The van der Waals surface area contributed by atoms with E-state index in [1.54, 1.807) is 0 Å². The SMILES string of the molecule is O=S1(=O)CC(C(O)O)CN1Cc1ccccc1. The summed E-state index contributed by atoms with van der Waals surface area (Å²) in [6, 6.07) is 9.24. The molecular formula is C11H15NO4S. The molecule has 1 unspecified atom stereocenters. The predicted molar refractivity (Wildman–Crippen MR) is 62.4 cm³/mol. The number of hydrogen-bond acceptors (Lipinski definition) is 4. The van der Waals surface area contributed by atoms with Gasteiger partial charge in [-0.1, -0.05) is 30.3 Å². The lowest BCUT2D eigenvalue weighted by Crippen LogP contribution is -2.27. The van der Waals surface area contributed by atoms with Crippen LogP contribution in [0.3, 0.4) is 0 Å². The average Bonchev–Trinajstić information content (AvgIpc) is 2.56. The Kier molecular flexibility index (Phi) is 3.48. The average molecular weight is 257 g/mol. The van der Waals surface area contributed by atoms with Crippen molar-refractivity contribution in [1.82, 2.24) is 4.31 Å². The third-order valence-corrected chi connectivity index (χ3v) is 4.79. The molecule has 1 aliphatic heterocycles. The summed E-state index contributed by atoms with van der Waals surface area (Å²) in [6.07, 6.45) is -1.58. The molecule has 1 saturated heterocycles. The van der Waals surface area contributed by atoms with Gasteiger partial charge in [0.1, 0.15) is 0 Å². The minimum Gasteiger partial charge on any atom is -0.368 e. The molecule has 0 amide bonds. The van der Waals surface area contributed by atoms with Crippen LogP contribution in [-0.4, -0.2) is 41.5 Å². The lowest BCUT2D eigenvalue weighted by Gasteiger charge is -2.15. The van der Waals surface area contributed by atoms with E-state index < -0.39 is 22.2 Å². The fourth-order valence-electron chi connectivity index (χ4n) is 1.93. The lowest BCUT2D eigenvalue weighted by atomic mass is 10.1. The van der Waals surface area contributed by atoms with E-state index in [2.05, 4.69) is 0 Å². The van der Waals surface area contributed by atoms with Crippen molar-refractivity contribution in [3.63, 3.8) is 0 Å². The number of sulfonamides is 1. The molecule has 0 aromatic heterocycles. The summed E-state index contributed by atoms with van der Waals surface area (Å²) in [4.78, 5) is 0. The number of nitrogens with zero attached hydrogens (tertiary/aromatic N) is 1. The summed E-state index contributed by atoms with van der Waals surface area (Å²) >= 11 is 0. The maximum atomic E-state index is 11.8. The van der Waals surface area contributed by atoms with E-state index >= 15 is 0 Å². The second-order valence-corrected chi connectivity index (χ2v) is 6.24. The first-order valence-electron chi connectivity index (χ1n) is 5.37. The van der Waals surface area contributed by atoms with Crippen LogP contribution in [0.4, 0.5) is 0 Å². The van der Waals surface area contributed by atoms with Crippen LogP contribution in [0.25, 0.3) is 0 Å². The van der Waals surface area contributed by atoms with Crippen molar-refractivity contribution in [2.45, 2.75) is 12.8 Å². The molecule has 94 valence electrons. The first-order valence-corrected chi connectivity index (χ1v) is 6.98. The summed E-state index contributed by atoms with van der Waals surface area (Å²) in [5, 5.41) is 18.1. The fraction of sp³-hybridized carbons (Fsp3) is 0.455. The molecule has 1 aromatic carbocycles. The Morgan fingerprint density at radius 3 is 2.47 bits per heavy atom. The van der Waals surface area contributed by atoms with Crippen molar-refractivity contribution in [2.24, 2.45) is 5.92 Å². The highest BCUT2D eigenvalue weighted by Gasteiger charge is 2.38. The maximum absolute atomic E-state index is 11.8. The molecule has 0 bridgehead atoms. The van der Waals surface area contributed by atoms with Gasteiger partial charge in [0.05, 0.1) is 5.75 Å². The number of aliphatic hydroxyl groups excluding tert-OH is 1. The summed E-state index contributed by atoms with van der Waals surface area (Å²) in [6.45, 7) is 0.446. The van der Waals surface area contributed by atoms with Gasteiger partial charge in [-0.3, -0.25) is 0 Å². The second kappa shape index (κ2) is 4.73. The molecule has 0 radical (unpaired) electrons. The standard InChI is InChI=1S/C11H15NO4S/c13-11(14)10-7-12(17(15,16)8-10)6-9-4-2-1-3-5-9/h1-5,10-11,13-14H,6-8H2. The Hall–Kier alpha value is -0.950. The van der Waals surface area contributed by atoms with Crippen molar-refractivity contribution in [1.29, 1.82) is 0 Å². The monoisotopic (exact) mass is 257 g/mol. The fourth-order valence-corrected chi connectivity index (χ4v) is 3.73. The third kappa shape index (κ3) is 2.84. The number of hydrogen-bond donors (Lipinski definition) is 2. The predicted octanol–water partition coefficient (Wildman–Crippen LogP) is -0.241. The maximum Gasteiger partial charge on any atom is 0.214 e. The van der Waals surface area contributed by atoms with Crippen LogP contribution >= 0.6 is 0 Å². The molecule has 1 fully saturated rings. The Labute approximate surface area is 100 Å². The van der Waals surface area contributed by atoms with Gasteiger partial charge >= 0.3 is 0 Å². The number of rotatable bonds is 3. The van der Waals surface area contributed by atoms with Gasteiger partial charge < -0.3 is 10.2 Å². The van der Waals surface area contributed by atoms with E-state index in [0.717, 1.165) is 5.56 Å². The Morgan fingerprint density at radius 2 is 1.94 bits per heavy atom. The van der Waals surface area contributed by atoms with E-state index in [1.165, 1.54) is 4.31 Å². The summed E-state index contributed by atoms with van der Waals surface area (Å²) in [7, 11) is -3.37. The van der Waals surface area contributed by atoms with Crippen molar-refractivity contribution >= 4 is 10.0 Å². The highest BCUT2D eigenvalue weighted by Crippen LogP contribution is 2.23. The van der Waals surface area contributed by atoms with Gasteiger partial charge in [0.15, 0.2) is 6.29 Å². The molecule has 1 aromatic rings. The minimum atomic E-state index is -3.37. The van der Waals surface area contributed by atoms with E-state index in [1.807, 2.05) is 30.3 Å². The second-order valence-electron chi connectivity index (χ2n) is 4.23. The molecule has 6 heteroatoms. The summed E-state index contributed by atoms with van der Waals surface area (Å²) < 4.78 is 24.9. The molecule has 17 heavy (non-hydrogen) atoms. The van der Waals surface area contributed by atoms with Crippen molar-refractivity contribution in [3.8, 4) is 0 Å². The van der Waals surface area contributed by atoms with Gasteiger partial charge in [-0.25, -0.2) is 8.42 Å². The van der Waals surface area contributed by atoms with Gasteiger partial charge in [-0.15, -0.1) is 0 Å². The topological polar surface area (TPSA) is 77.8 Å². The molecule has 0 aliphatic carbocycles. The van der Waals surface area contributed by atoms with Crippen molar-refractivity contribution in [2.75, 3.05) is 12.3 Å². The minimum absolute atomic E-state index is 0.162. The van der Waals surface area contributed by atoms with E-state index in [0.29, 0.717) is 0 Å². The van der Waals surface area contributed by atoms with Crippen LogP contribution in [0.1, 0.15) is 5.56 Å². The Balaban J connectivity index is 2.12. The van der Waals surface area contributed by atoms with Gasteiger partial charge in [0, 0.05) is 19.0 Å². The van der Waals surface area contributed by atoms with E-state index in [-0.39, 0.29) is 18.8 Å². The number of benzene rings is 1. The zero-order chi connectivity index (χ0) is 12.5. The molecule has 2 rings (SSSR count). The Bertz CT molecular complexity index is 472. The molecule has 1 heterocycles. The quantitative estimate of drug-likeness (QED) is 0.733. The van der Waals surface area contributed by atoms with Crippen molar-refractivity contribution in [3.05, 3.63) is 35.9 Å². The molecule has 2 N–H and O–H groups in total. The van der Waals surface area contributed by atoms with Gasteiger partial charge in [0.2, 0.25) is 10.0 Å². The molecule has 0 spiro atoms. The molecule has 1 aliphatic rings. The van der Waals surface area contributed by atoms with Crippen molar-refractivity contribution < 1.29 is 18.6 Å². The van der Waals surface area contributed by atoms with Crippen LogP contribution in [0.15, 0.2) is 30.3 Å². The van der Waals surface area contributed by atoms with E-state index in [4.69, 9.17) is 10.2 Å². The zero-order valence-electron chi connectivity index (χ0n) is 9.23. The molecule has 1 atom stereocenters. The number of aliphatic hydroxyl groups is 2. The van der Waals surface area contributed by atoms with Crippen LogP contribution in [0.2, 0.25) is 0 Å². The molecule has 5 nitrogen and oxygen atoms in total. The lowest BCUT2D eigenvalue weighted by molar-refractivity contribution is -0.0768. The molecule has 0 saturated carbocycles. The first kappa shape index (κ1) is 12.5. The van der Waals surface area contributed by atoms with Gasteiger partial charge in [0.25, 0.3) is 0 Å². The Morgan fingerprint density at radius 1 is 1.29 bits per heavy atom. The first-order chi connectivity index (χ1) is 7.99. The normalized spacial score (nSPS) is 24.3. The largest absolute Gasteiger partial charge is 0.368 e. The molecular weight excluding hydrogens is 242 g/mol. The highest BCUT2D eigenvalue weighted by atomic mass is 32.2. The van der Waals surface area contributed by atoms with Crippen LogP contribution in [0, 0.1) is 5.92 Å². The van der Waals surface area contributed by atoms with E-state index in [9.17, 15) is 8.42 Å². The summed E-state index contributed by atoms with van der Waals surface area (Å²) in [5.41, 5.74) is 0.893. The zero-order valence-corrected chi connectivity index (χ0v) is 10.0. The third-order valence-electron chi connectivity index (χ3n) is 2.88. The highest BCUT2D eigenvalue weighted by molar-refractivity contribution is 7.89. The van der Waals surface area contributed by atoms with Crippen LogP contribution in [-0.2, 0) is 16.6 Å². The van der Waals surface area contributed by atoms with Crippen LogP contribution < -0.4 is 0 Å².